The van der Waals surface area contributed by atoms with Crippen LogP contribution < -0.4 is 0 Å². The van der Waals surface area contributed by atoms with E-state index in [1.165, 1.54) is 55.8 Å². The summed E-state index contributed by atoms with van der Waals surface area (Å²) < 4.78 is 41.2. The molecule has 0 atom stereocenters. The lowest BCUT2D eigenvalue weighted by molar-refractivity contribution is 0.153. The van der Waals surface area contributed by atoms with Crippen molar-refractivity contribution in [3.63, 3.8) is 0 Å². The van der Waals surface area contributed by atoms with Gasteiger partial charge in [0.2, 0.25) is 9.84 Å². The number of sulfone groups is 1. The third kappa shape index (κ3) is 3.72. The number of hydrogen-bond donors (Lipinski definition) is 1. The quantitative estimate of drug-likeness (QED) is 0.701. The molecular formula is C18H17FN4O4S. The van der Waals surface area contributed by atoms with E-state index in [0.29, 0.717) is 5.56 Å². The highest BCUT2D eigenvalue weighted by atomic mass is 32.2. The fraction of sp³-hybridized carbons (Fsp3) is 0.167. The molecule has 8 nitrogen and oxygen atoms in total. The Hall–Kier alpha value is -3.27. The number of carboxylic acid groups (broad SMARTS) is 1. The van der Waals surface area contributed by atoms with Gasteiger partial charge in [-0.2, -0.15) is 5.10 Å². The second-order valence-corrected chi connectivity index (χ2v) is 8.04. The number of nitrogens with zero attached hydrogens (tertiary/aromatic N) is 4. The molecule has 3 rings (SSSR count). The molecule has 0 aliphatic rings. The standard InChI is InChI=1S/C18H17FN4O4S/c1-12-5-6-13(19)8-16(12)23-17(9-14(21-23)11-22(2)18(24)25)28(26,27)15-4-3-7-20-10-15/h3-10H,11H2,1-2H3,(H,24,25). The SMILES string of the molecule is Cc1ccc(F)cc1-n1nc(CN(C)C(=O)O)cc1S(=O)(=O)c1cccnc1. The molecule has 10 heteroatoms. The van der Waals surface area contributed by atoms with Crippen molar-refractivity contribution in [2.45, 2.75) is 23.4 Å². The van der Waals surface area contributed by atoms with E-state index in [9.17, 15) is 17.6 Å². The van der Waals surface area contributed by atoms with Crippen molar-refractivity contribution in [2.75, 3.05) is 7.05 Å². The maximum atomic E-state index is 13.8. The molecule has 0 aliphatic carbocycles. The molecule has 0 bridgehead atoms. The molecule has 0 unspecified atom stereocenters. The van der Waals surface area contributed by atoms with Crippen LogP contribution >= 0.6 is 0 Å². The maximum Gasteiger partial charge on any atom is 0.407 e. The topological polar surface area (TPSA) is 105 Å². The van der Waals surface area contributed by atoms with Crippen LogP contribution in [0, 0.1) is 12.7 Å². The largest absolute Gasteiger partial charge is 0.465 e. The third-order valence-electron chi connectivity index (χ3n) is 4.07. The maximum absolute atomic E-state index is 13.8. The molecule has 1 aromatic carbocycles. The zero-order valence-electron chi connectivity index (χ0n) is 15.1. The Morgan fingerprint density at radius 2 is 2.04 bits per heavy atom. The van der Waals surface area contributed by atoms with Gasteiger partial charge in [0.1, 0.15) is 5.82 Å². The summed E-state index contributed by atoms with van der Waals surface area (Å²) in [5.41, 5.74) is 1.05. The number of amides is 1. The van der Waals surface area contributed by atoms with E-state index in [1.807, 2.05) is 0 Å². The lowest BCUT2D eigenvalue weighted by atomic mass is 10.2. The number of benzene rings is 1. The van der Waals surface area contributed by atoms with E-state index < -0.39 is 21.7 Å². The molecule has 0 saturated carbocycles. The predicted octanol–water partition coefficient (Wildman–Crippen LogP) is 2.66. The second-order valence-electron chi connectivity index (χ2n) is 6.15. The van der Waals surface area contributed by atoms with Crippen molar-refractivity contribution in [3.8, 4) is 5.69 Å². The normalized spacial score (nSPS) is 11.4. The van der Waals surface area contributed by atoms with Crippen LogP contribution in [0.15, 0.2) is 58.7 Å². The average Bonchev–Trinajstić information content (AvgIpc) is 3.08. The van der Waals surface area contributed by atoms with Gasteiger partial charge in [-0.1, -0.05) is 6.07 Å². The van der Waals surface area contributed by atoms with Gasteiger partial charge in [0, 0.05) is 25.5 Å². The molecular weight excluding hydrogens is 387 g/mol. The Morgan fingerprint density at radius 1 is 1.29 bits per heavy atom. The molecule has 28 heavy (non-hydrogen) atoms. The van der Waals surface area contributed by atoms with Gasteiger partial charge in [0.05, 0.1) is 22.8 Å². The summed E-state index contributed by atoms with van der Waals surface area (Å²) in [4.78, 5) is 15.8. The summed E-state index contributed by atoms with van der Waals surface area (Å²) in [6.07, 6.45) is 1.46. The Morgan fingerprint density at radius 3 is 2.68 bits per heavy atom. The van der Waals surface area contributed by atoms with Crippen molar-refractivity contribution in [1.82, 2.24) is 19.7 Å². The van der Waals surface area contributed by atoms with Gasteiger partial charge in [0.25, 0.3) is 0 Å². The second kappa shape index (κ2) is 7.39. The number of pyridine rings is 1. The molecule has 1 N–H and O–H groups in total. The molecule has 0 aliphatic heterocycles. The van der Waals surface area contributed by atoms with Crippen LogP contribution in [0.25, 0.3) is 5.69 Å². The highest BCUT2D eigenvalue weighted by Crippen LogP contribution is 2.26. The Labute approximate surface area is 160 Å². The van der Waals surface area contributed by atoms with Gasteiger partial charge in [-0.05, 0) is 36.8 Å². The zero-order valence-corrected chi connectivity index (χ0v) is 15.9. The van der Waals surface area contributed by atoms with Gasteiger partial charge < -0.3 is 10.0 Å². The average molecular weight is 404 g/mol. The Bertz CT molecular complexity index is 1130. The predicted molar refractivity (Wildman–Crippen MR) is 97.4 cm³/mol. The zero-order chi connectivity index (χ0) is 20.5. The lowest BCUT2D eigenvalue weighted by Gasteiger charge is -2.11. The molecule has 3 aromatic rings. The van der Waals surface area contributed by atoms with Crippen molar-refractivity contribution >= 4 is 15.9 Å². The summed E-state index contributed by atoms with van der Waals surface area (Å²) in [6, 6.07) is 8.11. The number of halogens is 1. The van der Waals surface area contributed by atoms with Crippen LogP contribution in [0.4, 0.5) is 9.18 Å². The fourth-order valence-corrected chi connectivity index (χ4v) is 3.96. The van der Waals surface area contributed by atoms with Crippen molar-refractivity contribution in [2.24, 2.45) is 0 Å². The number of aromatic nitrogens is 3. The van der Waals surface area contributed by atoms with E-state index >= 15 is 0 Å². The highest BCUT2D eigenvalue weighted by Gasteiger charge is 2.26. The van der Waals surface area contributed by atoms with Gasteiger partial charge in [-0.15, -0.1) is 0 Å². The van der Waals surface area contributed by atoms with E-state index in [2.05, 4.69) is 10.1 Å². The van der Waals surface area contributed by atoms with Crippen molar-refractivity contribution in [1.29, 1.82) is 0 Å². The highest BCUT2D eigenvalue weighted by molar-refractivity contribution is 7.91. The van der Waals surface area contributed by atoms with E-state index in [0.717, 1.165) is 9.58 Å². The van der Waals surface area contributed by atoms with Crippen molar-refractivity contribution < 1.29 is 22.7 Å². The van der Waals surface area contributed by atoms with E-state index in [4.69, 9.17) is 5.11 Å². The fourth-order valence-electron chi connectivity index (χ4n) is 2.60. The van der Waals surface area contributed by atoms with Crippen LogP contribution in [0.1, 0.15) is 11.3 Å². The van der Waals surface area contributed by atoms with Crippen LogP contribution in [-0.4, -0.2) is 46.3 Å². The minimum Gasteiger partial charge on any atom is -0.465 e. The van der Waals surface area contributed by atoms with Gasteiger partial charge in [-0.25, -0.2) is 22.3 Å². The summed E-state index contributed by atoms with van der Waals surface area (Å²) in [7, 11) is -2.70. The first-order chi connectivity index (χ1) is 13.2. The van der Waals surface area contributed by atoms with Gasteiger partial charge in [0.15, 0.2) is 5.03 Å². The van der Waals surface area contributed by atoms with Crippen LogP contribution in [0.5, 0.6) is 0 Å². The first-order valence-corrected chi connectivity index (χ1v) is 9.63. The molecule has 2 aromatic heterocycles. The summed E-state index contributed by atoms with van der Waals surface area (Å²) in [5, 5.41) is 13.1. The molecule has 0 spiro atoms. The third-order valence-corrected chi connectivity index (χ3v) is 5.78. The number of rotatable bonds is 5. The molecule has 0 radical (unpaired) electrons. The Kier molecular flexibility index (Phi) is 5.14. The van der Waals surface area contributed by atoms with Gasteiger partial charge >= 0.3 is 6.09 Å². The minimum atomic E-state index is -4.03. The van der Waals surface area contributed by atoms with Gasteiger partial charge in [-0.3, -0.25) is 4.98 Å². The molecule has 146 valence electrons. The monoisotopic (exact) mass is 404 g/mol. The van der Waals surface area contributed by atoms with Crippen molar-refractivity contribution in [3.05, 3.63) is 65.9 Å². The molecule has 0 fully saturated rings. The summed E-state index contributed by atoms with van der Waals surface area (Å²) in [5.74, 6) is -0.551. The van der Waals surface area contributed by atoms with Crippen LogP contribution in [0.3, 0.4) is 0 Å². The minimum absolute atomic E-state index is 0.0525. The van der Waals surface area contributed by atoms with Crippen LogP contribution in [0.2, 0.25) is 0 Å². The molecule has 0 saturated heterocycles. The number of hydrogen-bond acceptors (Lipinski definition) is 5. The number of carbonyl (C=O) groups is 1. The first kappa shape index (κ1) is 19.5. The van der Waals surface area contributed by atoms with Crippen LogP contribution in [-0.2, 0) is 16.4 Å². The van der Waals surface area contributed by atoms with E-state index in [1.54, 1.807) is 6.92 Å². The summed E-state index contributed by atoms with van der Waals surface area (Å²) >= 11 is 0. The van der Waals surface area contributed by atoms with E-state index in [-0.39, 0.29) is 27.8 Å². The molecule has 2 heterocycles. The molecule has 1 amide bonds. The lowest BCUT2D eigenvalue weighted by Crippen LogP contribution is -2.24. The Balaban J connectivity index is 2.21. The smallest absolute Gasteiger partial charge is 0.407 e. The first-order valence-electron chi connectivity index (χ1n) is 8.15. The summed E-state index contributed by atoms with van der Waals surface area (Å²) in [6.45, 7) is 1.56. The number of aryl methyl sites for hydroxylation is 1.